The van der Waals surface area contributed by atoms with Gasteiger partial charge in [0, 0.05) is 35.8 Å². The smallest absolute Gasteiger partial charge is 0.316 e. The van der Waals surface area contributed by atoms with Crippen LogP contribution in [0, 0.1) is 17.5 Å². The maximum Gasteiger partial charge on any atom is 0.316 e. The molecule has 0 unspecified atom stereocenters. The second-order valence-corrected chi connectivity index (χ2v) is 8.46. The van der Waals surface area contributed by atoms with E-state index in [0.29, 0.717) is 18.2 Å². The number of amides is 2. The first-order valence-corrected chi connectivity index (χ1v) is 11.2. The number of primary amides is 1. The molecule has 3 N–H and O–H groups in total. The fourth-order valence-corrected chi connectivity index (χ4v) is 2.71. The number of urea groups is 1. The van der Waals surface area contributed by atoms with Crippen molar-refractivity contribution in [2.24, 2.45) is 5.73 Å². The lowest BCUT2D eigenvalue weighted by Crippen LogP contribution is -2.19. The minimum absolute atomic E-state index is 0.0955. The van der Waals surface area contributed by atoms with E-state index in [2.05, 4.69) is 20.4 Å². The van der Waals surface area contributed by atoms with Gasteiger partial charge in [-0.3, -0.25) is 4.98 Å². The highest BCUT2D eigenvalue weighted by Crippen LogP contribution is 2.22. The van der Waals surface area contributed by atoms with Gasteiger partial charge >= 0.3 is 6.03 Å². The van der Waals surface area contributed by atoms with Crippen molar-refractivity contribution in [3.8, 4) is 11.6 Å². The number of hydrogen-bond donors (Lipinski definition) is 2. The zero-order valence-corrected chi connectivity index (χ0v) is 21.0. The molecular weight excluding hydrogens is 485 g/mol. The average Bonchev–Trinajstić information content (AvgIpc) is 3.33. The molecule has 11 heteroatoms. The van der Waals surface area contributed by atoms with Gasteiger partial charge in [0.05, 0.1) is 18.5 Å². The SMILES string of the molecule is CC(C)(C)c1ccn(-c2ccc(F)cc2F)n1.CCOc1cnccn1.NC(=O)Nc1ccc(F)cc1. The largest absolute Gasteiger partial charge is 0.477 e. The van der Waals surface area contributed by atoms with Crippen LogP contribution in [0.3, 0.4) is 0 Å². The summed E-state index contributed by atoms with van der Waals surface area (Å²) in [5.74, 6) is -0.969. The molecule has 0 radical (unpaired) electrons. The van der Waals surface area contributed by atoms with Crippen molar-refractivity contribution in [2.45, 2.75) is 33.1 Å². The van der Waals surface area contributed by atoms with Gasteiger partial charge in [0.1, 0.15) is 17.3 Å². The normalized spacial score (nSPS) is 10.4. The van der Waals surface area contributed by atoms with Crippen molar-refractivity contribution in [1.82, 2.24) is 19.7 Å². The summed E-state index contributed by atoms with van der Waals surface area (Å²) in [7, 11) is 0. The van der Waals surface area contributed by atoms with E-state index in [1.54, 1.807) is 24.8 Å². The molecule has 4 rings (SSSR count). The predicted molar refractivity (Wildman–Crippen MR) is 135 cm³/mol. The Morgan fingerprint density at radius 1 is 1.03 bits per heavy atom. The van der Waals surface area contributed by atoms with Gasteiger partial charge in [-0.2, -0.15) is 5.10 Å². The van der Waals surface area contributed by atoms with E-state index in [4.69, 9.17) is 10.5 Å². The molecule has 0 aliphatic carbocycles. The number of carbonyl (C=O) groups is 1. The van der Waals surface area contributed by atoms with Crippen LogP contribution in [0.2, 0.25) is 0 Å². The van der Waals surface area contributed by atoms with E-state index >= 15 is 0 Å². The van der Waals surface area contributed by atoms with Crippen molar-refractivity contribution in [2.75, 3.05) is 11.9 Å². The Bertz CT molecular complexity index is 1260. The summed E-state index contributed by atoms with van der Waals surface area (Å²) in [5.41, 5.74) is 6.32. The third-order valence-corrected chi connectivity index (χ3v) is 4.46. The number of nitrogens with two attached hydrogens (primary N) is 1. The number of anilines is 1. The second-order valence-electron chi connectivity index (χ2n) is 8.46. The van der Waals surface area contributed by atoms with E-state index in [9.17, 15) is 18.0 Å². The lowest BCUT2D eigenvalue weighted by atomic mass is 9.93. The first-order valence-electron chi connectivity index (χ1n) is 11.2. The molecule has 2 aromatic carbocycles. The summed E-state index contributed by atoms with van der Waals surface area (Å²) in [5, 5.41) is 6.60. The van der Waals surface area contributed by atoms with Crippen molar-refractivity contribution < 1.29 is 22.7 Å². The van der Waals surface area contributed by atoms with E-state index in [-0.39, 0.29) is 16.9 Å². The highest BCUT2D eigenvalue weighted by Gasteiger charge is 2.17. The number of halogens is 3. The first-order chi connectivity index (χ1) is 17.5. The molecule has 2 aromatic heterocycles. The van der Waals surface area contributed by atoms with Gasteiger partial charge in [0.25, 0.3) is 0 Å². The third-order valence-electron chi connectivity index (χ3n) is 4.46. The molecule has 0 saturated heterocycles. The molecule has 0 atom stereocenters. The summed E-state index contributed by atoms with van der Waals surface area (Å²) in [6.45, 7) is 8.63. The molecule has 196 valence electrons. The monoisotopic (exact) mass is 514 g/mol. The van der Waals surface area contributed by atoms with Gasteiger partial charge in [-0.1, -0.05) is 20.8 Å². The molecule has 0 spiro atoms. The van der Waals surface area contributed by atoms with Crippen LogP contribution in [-0.2, 0) is 5.41 Å². The number of nitrogens with zero attached hydrogens (tertiary/aromatic N) is 4. The van der Waals surface area contributed by atoms with E-state index in [1.807, 2.05) is 33.8 Å². The van der Waals surface area contributed by atoms with Gasteiger partial charge in [-0.15, -0.1) is 0 Å². The number of ether oxygens (including phenoxy) is 1. The zero-order chi connectivity index (χ0) is 27.4. The Labute approximate surface area is 213 Å². The van der Waals surface area contributed by atoms with Crippen molar-refractivity contribution in [3.05, 3.63) is 96.5 Å². The van der Waals surface area contributed by atoms with Crippen LogP contribution < -0.4 is 15.8 Å². The molecule has 8 nitrogen and oxygen atoms in total. The van der Waals surface area contributed by atoms with Crippen LogP contribution in [0.5, 0.6) is 5.88 Å². The lowest BCUT2D eigenvalue weighted by molar-refractivity contribution is 0.259. The highest BCUT2D eigenvalue weighted by atomic mass is 19.1. The first kappa shape index (κ1) is 28.8. The molecule has 0 aliphatic rings. The lowest BCUT2D eigenvalue weighted by Gasteiger charge is -2.14. The Morgan fingerprint density at radius 3 is 2.22 bits per heavy atom. The number of rotatable bonds is 4. The topological polar surface area (TPSA) is 108 Å². The van der Waals surface area contributed by atoms with E-state index in [0.717, 1.165) is 11.8 Å². The summed E-state index contributed by atoms with van der Waals surface area (Å²) < 4.78 is 45.1. The third kappa shape index (κ3) is 10.0. The molecule has 2 heterocycles. The molecular formula is C26H29F3N6O2. The Balaban J connectivity index is 0.000000208. The van der Waals surface area contributed by atoms with Crippen LogP contribution in [-0.4, -0.2) is 32.4 Å². The maximum atomic E-state index is 13.5. The molecule has 0 fully saturated rings. The number of hydrogen-bond acceptors (Lipinski definition) is 5. The number of aromatic nitrogens is 4. The summed E-state index contributed by atoms with van der Waals surface area (Å²) >= 11 is 0. The highest BCUT2D eigenvalue weighted by molar-refractivity contribution is 5.87. The van der Waals surface area contributed by atoms with Crippen molar-refractivity contribution >= 4 is 11.7 Å². The molecule has 37 heavy (non-hydrogen) atoms. The van der Waals surface area contributed by atoms with Crippen LogP contribution in [0.4, 0.5) is 23.7 Å². The Hall–Kier alpha value is -4.41. The molecule has 2 amide bonds. The van der Waals surface area contributed by atoms with Gasteiger partial charge < -0.3 is 15.8 Å². The van der Waals surface area contributed by atoms with Crippen LogP contribution >= 0.6 is 0 Å². The number of nitrogens with one attached hydrogen (secondary N) is 1. The van der Waals surface area contributed by atoms with Crippen molar-refractivity contribution in [3.63, 3.8) is 0 Å². The Morgan fingerprint density at radius 2 is 1.70 bits per heavy atom. The predicted octanol–water partition coefficient (Wildman–Crippen LogP) is 5.64. The summed E-state index contributed by atoms with van der Waals surface area (Å²) in [4.78, 5) is 18.0. The van der Waals surface area contributed by atoms with Gasteiger partial charge in [-0.05, 0) is 49.4 Å². The van der Waals surface area contributed by atoms with Gasteiger partial charge in [0.15, 0.2) is 5.82 Å². The summed E-state index contributed by atoms with van der Waals surface area (Å²) in [6.07, 6.45) is 6.48. The van der Waals surface area contributed by atoms with Gasteiger partial charge in [0.2, 0.25) is 5.88 Å². The van der Waals surface area contributed by atoms with E-state index < -0.39 is 17.7 Å². The van der Waals surface area contributed by atoms with Gasteiger partial charge in [-0.25, -0.2) is 27.6 Å². The molecule has 4 aromatic rings. The molecule has 0 bridgehead atoms. The number of benzene rings is 2. The minimum atomic E-state index is -0.656. The maximum absolute atomic E-state index is 13.5. The molecule has 0 saturated carbocycles. The number of carbonyl (C=O) groups excluding carboxylic acids is 1. The van der Waals surface area contributed by atoms with Crippen LogP contribution in [0.15, 0.2) is 73.3 Å². The van der Waals surface area contributed by atoms with E-state index in [1.165, 1.54) is 41.1 Å². The Kier molecular flexibility index (Phi) is 10.6. The molecule has 0 aliphatic heterocycles. The van der Waals surface area contributed by atoms with Crippen LogP contribution in [0.25, 0.3) is 5.69 Å². The minimum Gasteiger partial charge on any atom is -0.477 e. The second kappa shape index (κ2) is 13.6. The summed E-state index contributed by atoms with van der Waals surface area (Å²) in [6, 6.07) is 9.98. The fourth-order valence-electron chi connectivity index (χ4n) is 2.71. The average molecular weight is 515 g/mol. The standard InChI is InChI=1S/C13H14F2N2.C7H7FN2O.C6H8N2O/c1-13(2,3)12-6-7-17(16-12)11-5-4-9(14)8-10(11)15;8-5-1-3-6(4-2-5)10-7(9)11;1-2-9-6-5-7-3-4-8-6/h4-8H,1-3H3;1-4H,(H3,9,10,11);3-5H,2H2,1H3. The zero-order valence-electron chi connectivity index (χ0n) is 21.0. The van der Waals surface area contributed by atoms with Crippen LogP contribution in [0.1, 0.15) is 33.4 Å². The quantitative estimate of drug-likeness (QED) is 0.366. The fraction of sp³-hybridized carbons (Fsp3) is 0.231. The van der Waals surface area contributed by atoms with Crippen molar-refractivity contribution in [1.29, 1.82) is 0 Å².